The number of hydrogen-bond acceptors (Lipinski definition) is 3. The summed E-state index contributed by atoms with van der Waals surface area (Å²) in [6.07, 6.45) is 6.95. The first-order valence-electron chi connectivity index (χ1n) is 6.72. The van der Waals surface area contributed by atoms with Crippen molar-refractivity contribution in [2.24, 2.45) is 11.1 Å². The highest BCUT2D eigenvalue weighted by atomic mass is 16.3. The molecule has 17 heavy (non-hydrogen) atoms. The number of amides is 1. The highest BCUT2D eigenvalue weighted by molar-refractivity contribution is 5.77. The van der Waals surface area contributed by atoms with Crippen LogP contribution in [0, 0.1) is 5.41 Å². The third-order valence-corrected chi connectivity index (χ3v) is 3.85. The molecule has 4 heteroatoms. The molecule has 4 N–H and O–H groups in total. The largest absolute Gasteiger partial charge is 0.396 e. The maximum absolute atomic E-state index is 11.9. The van der Waals surface area contributed by atoms with Gasteiger partial charge < -0.3 is 16.2 Å². The summed E-state index contributed by atoms with van der Waals surface area (Å²) in [5, 5.41) is 11.7. The van der Waals surface area contributed by atoms with Crippen LogP contribution in [0.25, 0.3) is 0 Å². The Morgan fingerprint density at radius 1 is 1.41 bits per heavy atom. The average Bonchev–Trinajstić information content (AvgIpc) is 2.30. The highest BCUT2D eigenvalue weighted by Gasteiger charge is 2.33. The van der Waals surface area contributed by atoms with Gasteiger partial charge in [-0.05, 0) is 38.1 Å². The molecule has 4 nitrogen and oxygen atoms in total. The Hall–Kier alpha value is -0.610. The van der Waals surface area contributed by atoms with Crippen molar-refractivity contribution in [3.63, 3.8) is 0 Å². The lowest BCUT2D eigenvalue weighted by Crippen LogP contribution is -2.41. The van der Waals surface area contributed by atoms with E-state index in [4.69, 9.17) is 10.8 Å². The van der Waals surface area contributed by atoms with Crippen molar-refractivity contribution in [2.45, 2.75) is 57.9 Å². The van der Waals surface area contributed by atoms with Crippen molar-refractivity contribution < 1.29 is 9.90 Å². The molecule has 1 amide bonds. The van der Waals surface area contributed by atoms with Crippen LogP contribution < -0.4 is 11.1 Å². The Morgan fingerprint density at radius 2 is 2.06 bits per heavy atom. The fraction of sp³-hybridized carbons (Fsp3) is 0.923. The Balaban J connectivity index is 2.41. The van der Waals surface area contributed by atoms with E-state index in [1.807, 2.05) is 6.92 Å². The average molecular weight is 242 g/mol. The van der Waals surface area contributed by atoms with E-state index in [0.29, 0.717) is 19.4 Å². The van der Waals surface area contributed by atoms with Crippen LogP contribution >= 0.6 is 0 Å². The minimum Gasteiger partial charge on any atom is -0.396 e. The number of aliphatic hydroxyl groups excluding tert-OH is 1. The molecule has 0 aromatic rings. The van der Waals surface area contributed by atoms with Crippen LogP contribution in [0.4, 0.5) is 0 Å². The van der Waals surface area contributed by atoms with Crippen molar-refractivity contribution >= 4 is 5.91 Å². The number of aliphatic hydroxyl groups is 1. The maximum atomic E-state index is 11.9. The predicted octanol–water partition coefficient (Wildman–Crippen LogP) is 1.17. The first kappa shape index (κ1) is 14.5. The molecule has 1 aliphatic rings. The zero-order valence-corrected chi connectivity index (χ0v) is 10.9. The van der Waals surface area contributed by atoms with Crippen molar-refractivity contribution in [2.75, 3.05) is 13.2 Å². The Morgan fingerprint density at radius 3 is 2.59 bits per heavy atom. The third kappa shape index (κ3) is 4.64. The lowest BCUT2D eigenvalue weighted by molar-refractivity contribution is -0.124. The van der Waals surface area contributed by atoms with Gasteiger partial charge in [-0.1, -0.05) is 19.3 Å². The fourth-order valence-corrected chi connectivity index (χ4v) is 2.69. The summed E-state index contributed by atoms with van der Waals surface area (Å²) in [7, 11) is 0. The molecule has 0 bridgehead atoms. The van der Waals surface area contributed by atoms with E-state index in [2.05, 4.69) is 5.32 Å². The van der Waals surface area contributed by atoms with E-state index in [9.17, 15) is 4.79 Å². The Bertz CT molecular complexity index is 238. The molecule has 0 heterocycles. The molecule has 100 valence electrons. The second-order valence-corrected chi connectivity index (χ2v) is 5.42. The first-order valence-corrected chi connectivity index (χ1v) is 6.72. The van der Waals surface area contributed by atoms with E-state index in [0.717, 1.165) is 12.8 Å². The highest BCUT2D eigenvalue weighted by Crippen LogP contribution is 2.38. The zero-order chi connectivity index (χ0) is 12.7. The van der Waals surface area contributed by atoms with Gasteiger partial charge in [0.25, 0.3) is 0 Å². The SMILES string of the molecule is CC(CCO)NC(=O)CC1(CN)CCCCC1. The van der Waals surface area contributed by atoms with Gasteiger partial charge in [-0.25, -0.2) is 0 Å². The summed E-state index contributed by atoms with van der Waals surface area (Å²) in [5.74, 6) is 0.0818. The summed E-state index contributed by atoms with van der Waals surface area (Å²) >= 11 is 0. The van der Waals surface area contributed by atoms with Crippen molar-refractivity contribution in [3.8, 4) is 0 Å². The molecule has 0 aromatic carbocycles. The fourth-order valence-electron chi connectivity index (χ4n) is 2.69. The predicted molar refractivity (Wildman–Crippen MR) is 68.5 cm³/mol. The van der Waals surface area contributed by atoms with Crippen molar-refractivity contribution in [1.29, 1.82) is 0 Å². The zero-order valence-electron chi connectivity index (χ0n) is 10.9. The van der Waals surface area contributed by atoms with Crippen LogP contribution in [0.2, 0.25) is 0 Å². The molecule has 0 aromatic heterocycles. The van der Waals surface area contributed by atoms with E-state index >= 15 is 0 Å². The molecule has 0 spiro atoms. The van der Waals surface area contributed by atoms with Gasteiger partial charge in [-0.2, -0.15) is 0 Å². The third-order valence-electron chi connectivity index (χ3n) is 3.85. The molecule has 1 atom stereocenters. The minimum atomic E-state index is 0.0290. The lowest BCUT2D eigenvalue weighted by Gasteiger charge is -2.36. The van der Waals surface area contributed by atoms with Gasteiger partial charge in [0, 0.05) is 19.1 Å². The topological polar surface area (TPSA) is 75.3 Å². The van der Waals surface area contributed by atoms with Crippen molar-refractivity contribution in [1.82, 2.24) is 5.32 Å². The number of hydrogen-bond donors (Lipinski definition) is 3. The summed E-state index contributed by atoms with van der Waals surface area (Å²) < 4.78 is 0. The van der Waals surface area contributed by atoms with Crippen LogP contribution in [0.3, 0.4) is 0 Å². The van der Waals surface area contributed by atoms with Crippen LogP contribution in [0.1, 0.15) is 51.9 Å². The smallest absolute Gasteiger partial charge is 0.220 e. The maximum Gasteiger partial charge on any atom is 0.220 e. The van der Waals surface area contributed by atoms with Gasteiger partial charge in [-0.3, -0.25) is 4.79 Å². The van der Waals surface area contributed by atoms with E-state index < -0.39 is 0 Å². The second-order valence-electron chi connectivity index (χ2n) is 5.42. The van der Waals surface area contributed by atoms with E-state index in [1.54, 1.807) is 0 Å². The lowest BCUT2D eigenvalue weighted by atomic mass is 9.71. The van der Waals surface area contributed by atoms with Crippen LogP contribution in [-0.4, -0.2) is 30.2 Å². The molecule has 1 unspecified atom stereocenters. The van der Waals surface area contributed by atoms with Gasteiger partial charge >= 0.3 is 0 Å². The monoisotopic (exact) mass is 242 g/mol. The summed E-state index contributed by atoms with van der Waals surface area (Å²) in [5.41, 5.74) is 5.89. The van der Waals surface area contributed by atoms with E-state index in [-0.39, 0.29) is 24.0 Å². The molecule has 0 aliphatic heterocycles. The number of carbonyl (C=O) groups is 1. The van der Waals surface area contributed by atoms with Gasteiger partial charge in [-0.15, -0.1) is 0 Å². The number of carbonyl (C=O) groups excluding carboxylic acids is 1. The molecular weight excluding hydrogens is 216 g/mol. The van der Waals surface area contributed by atoms with Gasteiger partial charge in [0.15, 0.2) is 0 Å². The van der Waals surface area contributed by atoms with Gasteiger partial charge in [0.05, 0.1) is 0 Å². The van der Waals surface area contributed by atoms with Gasteiger partial charge in [0.1, 0.15) is 0 Å². The quantitative estimate of drug-likeness (QED) is 0.654. The molecule has 1 aliphatic carbocycles. The molecule has 1 fully saturated rings. The minimum absolute atomic E-state index is 0.0290. The first-order chi connectivity index (χ1) is 8.12. The standard InChI is InChI=1S/C13H26N2O2/c1-11(5-8-16)15-12(17)9-13(10-14)6-3-2-4-7-13/h11,16H,2-10,14H2,1H3,(H,15,17). The molecule has 0 saturated heterocycles. The van der Waals surface area contributed by atoms with E-state index in [1.165, 1.54) is 19.3 Å². The van der Waals surface area contributed by atoms with Crippen LogP contribution in [-0.2, 0) is 4.79 Å². The number of nitrogens with one attached hydrogen (secondary N) is 1. The molecule has 1 rings (SSSR count). The van der Waals surface area contributed by atoms with Crippen LogP contribution in [0.5, 0.6) is 0 Å². The number of rotatable bonds is 6. The normalized spacial score (nSPS) is 20.9. The molecular formula is C13H26N2O2. The summed E-state index contributed by atoms with van der Waals surface area (Å²) in [6, 6.07) is 0.0471. The summed E-state index contributed by atoms with van der Waals surface area (Å²) in [4.78, 5) is 11.9. The summed E-state index contributed by atoms with van der Waals surface area (Å²) in [6.45, 7) is 2.64. The molecule has 0 radical (unpaired) electrons. The Labute approximate surface area is 104 Å². The van der Waals surface area contributed by atoms with Crippen molar-refractivity contribution in [3.05, 3.63) is 0 Å². The van der Waals surface area contributed by atoms with Gasteiger partial charge in [0.2, 0.25) is 5.91 Å². The second kappa shape index (κ2) is 6.97. The van der Waals surface area contributed by atoms with Crippen LogP contribution in [0.15, 0.2) is 0 Å². The number of nitrogens with two attached hydrogens (primary N) is 1. The molecule has 1 saturated carbocycles. The Kier molecular flexibility index (Phi) is 5.92.